The fraction of sp³-hybridized carbons (Fsp3) is 0.214. The first-order chi connectivity index (χ1) is 8.66. The van der Waals surface area contributed by atoms with Crippen molar-refractivity contribution in [2.24, 2.45) is 0 Å². The average molecular weight is 281 g/mol. The Bertz CT molecular complexity index is 514. The van der Waals surface area contributed by atoms with Crippen LogP contribution in [-0.2, 0) is 6.54 Å². The molecule has 1 heterocycles. The summed E-state index contributed by atoms with van der Waals surface area (Å²) in [5.74, 6) is 0. The van der Waals surface area contributed by atoms with Gasteiger partial charge in [-0.1, -0.05) is 35.3 Å². The zero-order valence-corrected chi connectivity index (χ0v) is 11.5. The second kappa shape index (κ2) is 6.19. The molecule has 1 N–H and O–H groups in total. The number of aromatic nitrogens is 1. The third kappa shape index (κ3) is 3.45. The summed E-state index contributed by atoms with van der Waals surface area (Å²) in [6.07, 6.45) is 3.62. The maximum Gasteiger partial charge on any atom is 0.0468 e. The smallest absolute Gasteiger partial charge is 0.0468 e. The molecule has 0 amide bonds. The van der Waals surface area contributed by atoms with E-state index in [1.807, 2.05) is 30.5 Å². The van der Waals surface area contributed by atoms with Crippen molar-refractivity contribution in [2.75, 3.05) is 0 Å². The molecule has 2 rings (SSSR count). The van der Waals surface area contributed by atoms with E-state index >= 15 is 0 Å². The molecule has 94 valence electrons. The fourth-order valence-corrected chi connectivity index (χ4v) is 2.31. The first-order valence-corrected chi connectivity index (χ1v) is 6.49. The van der Waals surface area contributed by atoms with E-state index in [0.717, 1.165) is 17.7 Å². The van der Waals surface area contributed by atoms with Crippen molar-refractivity contribution in [3.05, 3.63) is 63.9 Å². The average Bonchev–Trinajstić information content (AvgIpc) is 2.37. The van der Waals surface area contributed by atoms with Crippen LogP contribution in [0.5, 0.6) is 0 Å². The van der Waals surface area contributed by atoms with Crippen molar-refractivity contribution < 1.29 is 0 Å². The lowest BCUT2D eigenvalue weighted by molar-refractivity contribution is 0.574. The molecule has 0 aliphatic heterocycles. The molecular formula is C14H14Cl2N2. The Labute approximate surface area is 117 Å². The van der Waals surface area contributed by atoms with E-state index in [2.05, 4.69) is 17.2 Å². The molecule has 0 unspecified atom stereocenters. The number of nitrogens with one attached hydrogen (secondary N) is 1. The predicted molar refractivity (Wildman–Crippen MR) is 76.0 cm³/mol. The number of hydrogen-bond acceptors (Lipinski definition) is 2. The predicted octanol–water partition coefficient (Wildman–Crippen LogP) is 4.24. The maximum atomic E-state index is 6.17. The van der Waals surface area contributed by atoms with Gasteiger partial charge in [0, 0.05) is 35.0 Å². The molecule has 1 aromatic carbocycles. The monoisotopic (exact) mass is 280 g/mol. The van der Waals surface area contributed by atoms with Gasteiger partial charge in [-0.25, -0.2) is 0 Å². The summed E-state index contributed by atoms with van der Waals surface area (Å²) >= 11 is 12.1. The molecule has 0 radical (unpaired) electrons. The van der Waals surface area contributed by atoms with Gasteiger partial charge in [0.05, 0.1) is 0 Å². The quantitative estimate of drug-likeness (QED) is 0.906. The Morgan fingerprint density at radius 2 is 2.11 bits per heavy atom. The molecule has 0 spiro atoms. The van der Waals surface area contributed by atoms with E-state index in [1.165, 1.54) is 0 Å². The van der Waals surface area contributed by atoms with E-state index in [1.54, 1.807) is 12.3 Å². The molecule has 0 saturated carbocycles. The van der Waals surface area contributed by atoms with Crippen LogP contribution in [0.15, 0.2) is 42.7 Å². The summed E-state index contributed by atoms with van der Waals surface area (Å²) < 4.78 is 0. The number of halogens is 2. The highest BCUT2D eigenvalue weighted by Crippen LogP contribution is 2.26. The summed E-state index contributed by atoms with van der Waals surface area (Å²) in [7, 11) is 0. The van der Waals surface area contributed by atoms with Gasteiger partial charge >= 0.3 is 0 Å². The number of nitrogens with zero attached hydrogens (tertiary/aromatic N) is 1. The fourth-order valence-electron chi connectivity index (χ4n) is 1.74. The van der Waals surface area contributed by atoms with Gasteiger partial charge in [-0.2, -0.15) is 0 Å². The van der Waals surface area contributed by atoms with Crippen LogP contribution in [0.25, 0.3) is 0 Å². The summed E-state index contributed by atoms with van der Waals surface area (Å²) in [6, 6.07) is 9.69. The lowest BCUT2D eigenvalue weighted by atomic mass is 10.1. The Morgan fingerprint density at radius 3 is 2.78 bits per heavy atom. The number of benzene rings is 1. The molecule has 0 aliphatic carbocycles. The van der Waals surface area contributed by atoms with Gasteiger partial charge in [0.2, 0.25) is 0 Å². The van der Waals surface area contributed by atoms with Gasteiger partial charge in [-0.15, -0.1) is 0 Å². The van der Waals surface area contributed by atoms with Crippen LogP contribution in [0.3, 0.4) is 0 Å². The van der Waals surface area contributed by atoms with Crippen molar-refractivity contribution in [2.45, 2.75) is 19.5 Å². The van der Waals surface area contributed by atoms with Crippen molar-refractivity contribution in [3.8, 4) is 0 Å². The van der Waals surface area contributed by atoms with Crippen molar-refractivity contribution in [1.82, 2.24) is 10.3 Å². The normalized spacial score (nSPS) is 12.4. The van der Waals surface area contributed by atoms with Crippen LogP contribution in [0.4, 0.5) is 0 Å². The van der Waals surface area contributed by atoms with Crippen LogP contribution < -0.4 is 5.32 Å². The topological polar surface area (TPSA) is 24.9 Å². The van der Waals surface area contributed by atoms with E-state index < -0.39 is 0 Å². The molecule has 0 aliphatic rings. The molecule has 0 bridgehead atoms. The van der Waals surface area contributed by atoms with Gasteiger partial charge in [0.25, 0.3) is 0 Å². The van der Waals surface area contributed by atoms with Gasteiger partial charge in [-0.05, 0) is 36.2 Å². The number of pyridine rings is 1. The minimum Gasteiger partial charge on any atom is -0.306 e. The zero-order valence-electron chi connectivity index (χ0n) is 10.0. The molecule has 2 aromatic rings. The molecule has 0 saturated heterocycles. The first-order valence-electron chi connectivity index (χ1n) is 5.74. The Balaban J connectivity index is 2.01. The van der Waals surface area contributed by atoms with Crippen LogP contribution in [0.2, 0.25) is 10.0 Å². The zero-order chi connectivity index (χ0) is 13.0. The second-order valence-electron chi connectivity index (χ2n) is 4.13. The molecule has 18 heavy (non-hydrogen) atoms. The lowest BCUT2D eigenvalue weighted by Crippen LogP contribution is -2.18. The number of rotatable bonds is 4. The van der Waals surface area contributed by atoms with Crippen molar-refractivity contribution >= 4 is 23.2 Å². The van der Waals surface area contributed by atoms with Crippen LogP contribution >= 0.6 is 23.2 Å². The van der Waals surface area contributed by atoms with Crippen LogP contribution in [0.1, 0.15) is 24.1 Å². The second-order valence-corrected chi connectivity index (χ2v) is 4.97. The van der Waals surface area contributed by atoms with Gasteiger partial charge in [-0.3, -0.25) is 4.98 Å². The van der Waals surface area contributed by atoms with Gasteiger partial charge in [0.15, 0.2) is 0 Å². The van der Waals surface area contributed by atoms with E-state index in [9.17, 15) is 0 Å². The Hall–Kier alpha value is -1.09. The van der Waals surface area contributed by atoms with Crippen molar-refractivity contribution in [1.29, 1.82) is 0 Å². The Morgan fingerprint density at radius 1 is 1.28 bits per heavy atom. The van der Waals surface area contributed by atoms with Crippen molar-refractivity contribution in [3.63, 3.8) is 0 Å². The Kier molecular flexibility index (Phi) is 4.59. The molecule has 0 fully saturated rings. The highest BCUT2D eigenvalue weighted by atomic mass is 35.5. The standard InChI is InChI=1S/C14H14Cl2N2/c1-10(13-5-4-12(15)7-14(13)16)18-9-11-3-2-6-17-8-11/h2-8,10,18H,9H2,1H3/t10-/m1/s1. The highest BCUT2D eigenvalue weighted by molar-refractivity contribution is 6.35. The summed E-state index contributed by atoms with van der Waals surface area (Å²) in [5, 5.41) is 4.75. The van der Waals surface area contributed by atoms with Gasteiger partial charge in [0.1, 0.15) is 0 Å². The molecule has 1 atom stereocenters. The molecule has 2 nitrogen and oxygen atoms in total. The molecule has 4 heteroatoms. The maximum absolute atomic E-state index is 6.17. The SMILES string of the molecule is C[C@@H](NCc1cccnc1)c1ccc(Cl)cc1Cl. The van der Waals surface area contributed by atoms with E-state index in [0.29, 0.717) is 10.0 Å². The first kappa shape index (κ1) is 13.3. The van der Waals surface area contributed by atoms with E-state index in [4.69, 9.17) is 23.2 Å². The van der Waals surface area contributed by atoms with Gasteiger partial charge < -0.3 is 5.32 Å². The van der Waals surface area contributed by atoms with Crippen LogP contribution in [0, 0.1) is 0 Å². The summed E-state index contributed by atoms with van der Waals surface area (Å²) in [5.41, 5.74) is 2.19. The molecular weight excluding hydrogens is 267 g/mol. The summed E-state index contributed by atoms with van der Waals surface area (Å²) in [4.78, 5) is 4.08. The minimum absolute atomic E-state index is 0.162. The highest BCUT2D eigenvalue weighted by Gasteiger charge is 2.09. The largest absolute Gasteiger partial charge is 0.306 e. The van der Waals surface area contributed by atoms with E-state index in [-0.39, 0.29) is 6.04 Å². The molecule has 1 aromatic heterocycles. The number of hydrogen-bond donors (Lipinski definition) is 1. The lowest BCUT2D eigenvalue weighted by Gasteiger charge is -2.15. The minimum atomic E-state index is 0.162. The van der Waals surface area contributed by atoms with Crippen LogP contribution in [-0.4, -0.2) is 4.98 Å². The third-order valence-electron chi connectivity index (χ3n) is 2.76. The summed E-state index contributed by atoms with van der Waals surface area (Å²) in [6.45, 7) is 2.83. The third-order valence-corrected chi connectivity index (χ3v) is 3.33.